The standard InChI is InChI=1S/C72H52N2O2/c1-5-21-53-45(3)43-59(47-23-11-7-12-24-47)71-67(53)57-31-19-33-63(69(57)75-71)73(51-27-15-9-16-28-51)61-41-37-49-36-40-56-62(42-38-50-35-39-55(61)65(49)66(50)56)74(52-29-17-10-18-30-52)64-34-20-32-58-68-54(22-6-2)46(4)44-60(72(68)76-70(58)64)48-25-13-8-14-26-48/h5-44H,1-4H3. The van der Waals surface area contributed by atoms with E-state index in [1.807, 2.05) is 0 Å². The first kappa shape index (κ1) is 45.0. The van der Waals surface area contributed by atoms with E-state index in [-0.39, 0.29) is 0 Å². The second-order valence-corrected chi connectivity index (χ2v) is 19.9. The molecule has 4 nitrogen and oxygen atoms in total. The van der Waals surface area contributed by atoms with Crippen molar-refractivity contribution in [3.8, 4) is 22.3 Å². The largest absolute Gasteiger partial charge is 0.453 e. The summed E-state index contributed by atoms with van der Waals surface area (Å²) < 4.78 is 14.6. The van der Waals surface area contributed by atoms with Crippen LogP contribution in [0.1, 0.15) is 36.1 Å². The Hall–Kier alpha value is -9.64. The summed E-state index contributed by atoms with van der Waals surface area (Å²) in [6.07, 6.45) is 8.69. The molecular weight excluding hydrogens is 925 g/mol. The first-order valence-electron chi connectivity index (χ1n) is 26.2. The van der Waals surface area contributed by atoms with E-state index in [1.165, 1.54) is 43.8 Å². The van der Waals surface area contributed by atoms with Gasteiger partial charge in [-0.2, -0.15) is 0 Å². The van der Waals surface area contributed by atoms with E-state index in [0.29, 0.717) is 0 Å². The first-order chi connectivity index (χ1) is 37.5. The summed E-state index contributed by atoms with van der Waals surface area (Å²) in [5, 5.41) is 11.5. The fourth-order valence-electron chi connectivity index (χ4n) is 12.1. The van der Waals surface area contributed by atoms with Gasteiger partial charge in [0.15, 0.2) is 11.2 Å². The molecule has 0 aliphatic rings. The molecule has 0 amide bonds. The number of para-hydroxylation sites is 4. The van der Waals surface area contributed by atoms with Crippen LogP contribution in [-0.4, -0.2) is 0 Å². The average molecular weight is 977 g/mol. The van der Waals surface area contributed by atoms with Gasteiger partial charge in [0.1, 0.15) is 11.2 Å². The van der Waals surface area contributed by atoms with Gasteiger partial charge >= 0.3 is 0 Å². The summed E-state index contributed by atoms with van der Waals surface area (Å²) >= 11 is 0. The van der Waals surface area contributed by atoms with Gasteiger partial charge in [-0.15, -0.1) is 0 Å². The van der Waals surface area contributed by atoms with E-state index in [9.17, 15) is 0 Å². The van der Waals surface area contributed by atoms with E-state index in [2.05, 4.69) is 280 Å². The molecule has 4 heteroatoms. The zero-order valence-corrected chi connectivity index (χ0v) is 42.8. The summed E-state index contributed by atoms with van der Waals surface area (Å²) in [5.74, 6) is 0. The minimum absolute atomic E-state index is 0.838. The highest BCUT2D eigenvalue weighted by Gasteiger charge is 2.28. The van der Waals surface area contributed by atoms with Crippen LogP contribution in [0.3, 0.4) is 0 Å². The molecule has 0 saturated carbocycles. The van der Waals surface area contributed by atoms with Crippen molar-refractivity contribution >= 4 is 122 Å². The van der Waals surface area contributed by atoms with Crippen molar-refractivity contribution in [2.24, 2.45) is 0 Å². The normalized spacial score (nSPS) is 12.1. The molecule has 0 saturated heterocycles. The van der Waals surface area contributed by atoms with Gasteiger partial charge in [-0.05, 0) is 143 Å². The first-order valence-corrected chi connectivity index (χ1v) is 26.2. The summed E-state index contributed by atoms with van der Waals surface area (Å²) in [6.45, 7) is 8.58. The molecule has 0 spiro atoms. The number of fused-ring (bicyclic) bond motifs is 6. The molecule has 76 heavy (non-hydrogen) atoms. The molecule has 0 aliphatic heterocycles. The Balaban J connectivity index is 1.02. The van der Waals surface area contributed by atoms with Crippen LogP contribution in [0.25, 0.3) is 111 Å². The van der Waals surface area contributed by atoms with Crippen LogP contribution in [-0.2, 0) is 0 Å². The molecule has 2 aromatic heterocycles. The second kappa shape index (κ2) is 18.1. The SMILES string of the molecule is CC=Cc1c(C)cc(-c2ccccc2)c2oc3c(N(c4ccccc4)c4ccc5ccc6c(N(c7ccccc7)c7cccc8c7oc7c(-c9ccccc9)cc(C)c(C=CC)c78)ccc7ccc4c5c76)cccc3c12. The predicted octanol–water partition coefficient (Wildman–Crippen LogP) is 21.3. The summed E-state index contributed by atoms with van der Waals surface area (Å²) in [6, 6.07) is 78.8. The molecule has 2 heterocycles. The zero-order chi connectivity index (χ0) is 51.0. The Morgan fingerprint density at radius 3 is 1.11 bits per heavy atom. The fourth-order valence-corrected chi connectivity index (χ4v) is 12.1. The van der Waals surface area contributed by atoms with Crippen molar-refractivity contribution in [3.63, 3.8) is 0 Å². The average Bonchev–Trinajstić information content (AvgIpc) is 4.14. The number of nitrogens with zero attached hydrogens (tertiary/aromatic N) is 2. The molecule has 12 aromatic carbocycles. The third-order valence-corrected chi connectivity index (χ3v) is 15.4. The molecule has 0 unspecified atom stereocenters. The van der Waals surface area contributed by atoms with Crippen LogP contribution < -0.4 is 9.80 Å². The third kappa shape index (κ3) is 6.98. The number of hydrogen-bond donors (Lipinski definition) is 0. The highest BCUT2D eigenvalue weighted by Crippen LogP contribution is 2.52. The molecule has 14 aromatic rings. The topological polar surface area (TPSA) is 32.8 Å². The summed E-state index contributed by atoms with van der Waals surface area (Å²) in [7, 11) is 0. The summed E-state index contributed by atoms with van der Waals surface area (Å²) in [5.41, 5.74) is 18.7. The van der Waals surface area contributed by atoms with E-state index in [1.54, 1.807) is 0 Å². The van der Waals surface area contributed by atoms with Crippen LogP contribution >= 0.6 is 0 Å². The minimum atomic E-state index is 0.838. The van der Waals surface area contributed by atoms with Gasteiger partial charge in [0, 0.05) is 54.8 Å². The van der Waals surface area contributed by atoms with Crippen molar-refractivity contribution in [1.29, 1.82) is 0 Å². The Bertz CT molecular complexity index is 4310. The molecule has 14 rings (SSSR count). The van der Waals surface area contributed by atoms with E-state index in [4.69, 9.17) is 8.83 Å². The van der Waals surface area contributed by atoms with Gasteiger partial charge in [-0.1, -0.05) is 182 Å². The lowest BCUT2D eigenvalue weighted by Crippen LogP contribution is -2.11. The van der Waals surface area contributed by atoms with Crippen molar-refractivity contribution in [2.45, 2.75) is 27.7 Å². The maximum Gasteiger partial charge on any atom is 0.159 e. The quantitative estimate of drug-likeness (QED) is 0.128. The molecule has 0 radical (unpaired) electrons. The number of rotatable bonds is 10. The van der Waals surface area contributed by atoms with Gasteiger partial charge < -0.3 is 18.6 Å². The van der Waals surface area contributed by atoms with Crippen molar-refractivity contribution in [1.82, 2.24) is 0 Å². The van der Waals surface area contributed by atoms with E-state index >= 15 is 0 Å². The van der Waals surface area contributed by atoms with Gasteiger partial charge in [-0.25, -0.2) is 0 Å². The predicted molar refractivity (Wildman–Crippen MR) is 324 cm³/mol. The molecule has 362 valence electrons. The number of anilines is 6. The van der Waals surface area contributed by atoms with Crippen molar-refractivity contribution in [2.75, 3.05) is 9.80 Å². The lowest BCUT2D eigenvalue weighted by atomic mass is 9.91. The lowest BCUT2D eigenvalue weighted by Gasteiger charge is -2.29. The highest BCUT2D eigenvalue weighted by atomic mass is 16.3. The molecular formula is C72H52N2O2. The van der Waals surface area contributed by atoms with Crippen molar-refractivity contribution < 1.29 is 8.83 Å². The fraction of sp³-hybridized carbons (Fsp3) is 0.0556. The van der Waals surface area contributed by atoms with Gasteiger partial charge in [0.25, 0.3) is 0 Å². The van der Waals surface area contributed by atoms with Crippen LogP contribution in [0.2, 0.25) is 0 Å². The maximum atomic E-state index is 7.30. The minimum Gasteiger partial charge on any atom is -0.453 e. The van der Waals surface area contributed by atoms with Gasteiger partial charge in [-0.3, -0.25) is 0 Å². The van der Waals surface area contributed by atoms with Crippen LogP contribution in [0.15, 0.2) is 239 Å². The summed E-state index contributed by atoms with van der Waals surface area (Å²) in [4.78, 5) is 4.79. The monoisotopic (exact) mass is 976 g/mol. The third-order valence-electron chi connectivity index (χ3n) is 15.4. The number of allylic oxidation sites excluding steroid dienone is 2. The Kier molecular flexibility index (Phi) is 10.7. The van der Waals surface area contributed by atoms with E-state index in [0.717, 1.165) is 111 Å². The molecule has 0 fully saturated rings. The van der Waals surface area contributed by atoms with E-state index < -0.39 is 0 Å². The molecule has 0 atom stereocenters. The van der Waals surface area contributed by atoms with Crippen molar-refractivity contribution in [3.05, 3.63) is 253 Å². The number of benzene rings is 12. The van der Waals surface area contributed by atoms with Gasteiger partial charge in [0.2, 0.25) is 0 Å². The number of aryl methyl sites for hydroxylation is 2. The second-order valence-electron chi connectivity index (χ2n) is 19.9. The van der Waals surface area contributed by atoms with Crippen LogP contribution in [0, 0.1) is 13.8 Å². The molecule has 0 aliphatic carbocycles. The molecule has 0 N–H and O–H groups in total. The highest BCUT2D eigenvalue weighted by molar-refractivity contribution is 6.29. The van der Waals surface area contributed by atoms with Crippen LogP contribution in [0.4, 0.5) is 34.1 Å². The van der Waals surface area contributed by atoms with Gasteiger partial charge in [0.05, 0.1) is 22.7 Å². The zero-order valence-electron chi connectivity index (χ0n) is 42.8. The Morgan fingerprint density at radius 2 is 0.711 bits per heavy atom. The van der Waals surface area contributed by atoms with Crippen LogP contribution in [0.5, 0.6) is 0 Å². The smallest absolute Gasteiger partial charge is 0.159 e. The Labute approximate surface area is 441 Å². The lowest BCUT2D eigenvalue weighted by molar-refractivity contribution is 0.669. The Morgan fingerprint density at radius 1 is 0.329 bits per heavy atom. The molecule has 0 bridgehead atoms. The number of furan rings is 2. The maximum absolute atomic E-state index is 7.30. The number of hydrogen-bond acceptors (Lipinski definition) is 4.